The fraction of sp³-hybridized carbons (Fsp3) is 0.917. The highest BCUT2D eigenvalue weighted by molar-refractivity contribution is 7.99. The average Bonchev–Trinajstić information content (AvgIpc) is 2.50. The fourth-order valence-corrected chi connectivity index (χ4v) is 2.42. The molecule has 3 N–H and O–H groups in total. The highest BCUT2D eigenvalue weighted by Gasteiger charge is 2.27. The summed E-state index contributed by atoms with van der Waals surface area (Å²) in [6, 6.07) is 0. The topological polar surface area (TPSA) is 55.1 Å². The summed E-state index contributed by atoms with van der Waals surface area (Å²) >= 11 is 1.57. The van der Waals surface area contributed by atoms with Crippen LogP contribution in [0.25, 0.3) is 0 Å². The summed E-state index contributed by atoms with van der Waals surface area (Å²) in [5, 5.41) is 3.01. The second-order valence-electron chi connectivity index (χ2n) is 4.87. The van der Waals surface area contributed by atoms with Crippen molar-refractivity contribution in [2.24, 2.45) is 5.73 Å². The molecule has 0 radical (unpaired) electrons. The van der Waals surface area contributed by atoms with Crippen molar-refractivity contribution in [1.29, 1.82) is 0 Å². The van der Waals surface area contributed by atoms with E-state index in [9.17, 15) is 4.79 Å². The molecule has 1 fully saturated rings. The first kappa shape index (κ1) is 17.1. The minimum absolute atomic E-state index is 0. The molecule has 1 saturated carbocycles. The van der Waals surface area contributed by atoms with E-state index in [1.54, 1.807) is 11.8 Å². The molecular formula is C12H25ClN2OS. The lowest BCUT2D eigenvalue weighted by Crippen LogP contribution is -2.50. The van der Waals surface area contributed by atoms with Crippen LogP contribution in [-0.2, 0) is 4.79 Å². The number of thioether (sulfide) groups is 1. The Morgan fingerprint density at radius 3 is 2.35 bits per heavy atom. The summed E-state index contributed by atoms with van der Waals surface area (Å²) in [4.78, 5) is 11.7. The molecule has 1 aliphatic carbocycles. The molecular weight excluding hydrogens is 256 g/mol. The van der Waals surface area contributed by atoms with E-state index in [0.29, 0.717) is 6.54 Å². The molecule has 102 valence electrons. The SMILES string of the molecule is CSC(C)C(=O)NCC1(N)CCCCCC1.Cl. The zero-order valence-electron chi connectivity index (χ0n) is 10.8. The Hall–Kier alpha value is 0.0700. The van der Waals surface area contributed by atoms with Gasteiger partial charge in [-0.25, -0.2) is 0 Å². The lowest BCUT2D eigenvalue weighted by molar-refractivity contribution is -0.120. The Kier molecular flexibility index (Phi) is 8.25. The van der Waals surface area contributed by atoms with Gasteiger partial charge in [-0.1, -0.05) is 25.7 Å². The van der Waals surface area contributed by atoms with E-state index < -0.39 is 0 Å². The Balaban J connectivity index is 0.00000256. The molecule has 1 unspecified atom stereocenters. The maximum Gasteiger partial charge on any atom is 0.232 e. The zero-order chi connectivity index (χ0) is 12.0. The van der Waals surface area contributed by atoms with Crippen LogP contribution in [0, 0.1) is 0 Å². The van der Waals surface area contributed by atoms with Crippen molar-refractivity contribution < 1.29 is 4.79 Å². The maximum atomic E-state index is 11.7. The smallest absolute Gasteiger partial charge is 0.232 e. The minimum atomic E-state index is -0.162. The van der Waals surface area contributed by atoms with Crippen LogP contribution in [0.1, 0.15) is 45.4 Å². The molecule has 0 spiro atoms. The van der Waals surface area contributed by atoms with Gasteiger partial charge in [-0.15, -0.1) is 12.4 Å². The summed E-state index contributed by atoms with van der Waals surface area (Å²) in [7, 11) is 0. The van der Waals surface area contributed by atoms with Gasteiger partial charge in [0, 0.05) is 12.1 Å². The number of amides is 1. The molecule has 0 aromatic rings. The van der Waals surface area contributed by atoms with Crippen LogP contribution in [0.5, 0.6) is 0 Å². The van der Waals surface area contributed by atoms with E-state index in [0.717, 1.165) is 12.8 Å². The van der Waals surface area contributed by atoms with Gasteiger partial charge in [0.25, 0.3) is 0 Å². The number of hydrogen-bond acceptors (Lipinski definition) is 3. The van der Waals surface area contributed by atoms with E-state index in [2.05, 4.69) is 5.32 Å². The molecule has 0 heterocycles. The van der Waals surface area contributed by atoms with Crippen molar-refractivity contribution in [3.8, 4) is 0 Å². The second kappa shape index (κ2) is 8.22. The van der Waals surface area contributed by atoms with E-state index in [1.165, 1.54) is 25.7 Å². The standard InChI is InChI=1S/C12H24N2OS.ClH/c1-10(16-2)11(15)14-9-12(13)7-5-3-4-6-8-12;/h10H,3-9,13H2,1-2H3,(H,14,15);1H. The third-order valence-corrected chi connectivity index (χ3v) is 4.36. The van der Waals surface area contributed by atoms with Crippen molar-refractivity contribution in [2.75, 3.05) is 12.8 Å². The first-order valence-corrected chi connectivity index (χ1v) is 7.45. The van der Waals surface area contributed by atoms with Gasteiger partial charge in [-0.3, -0.25) is 4.79 Å². The third-order valence-electron chi connectivity index (χ3n) is 3.44. The lowest BCUT2D eigenvalue weighted by atomic mass is 9.91. The van der Waals surface area contributed by atoms with Crippen LogP contribution >= 0.6 is 24.2 Å². The number of carbonyl (C=O) groups is 1. The third kappa shape index (κ3) is 5.98. The normalized spacial score (nSPS) is 20.9. The number of hydrogen-bond donors (Lipinski definition) is 2. The van der Waals surface area contributed by atoms with Gasteiger partial charge in [0.2, 0.25) is 5.91 Å². The molecule has 0 aromatic heterocycles. The zero-order valence-corrected chi connectivity index (χ0v) is 12.5. The first-order chi connectivity index (χ1) is 7.57. The Morgan fingerprint density at radius 1 is 1.35 bits per heavy atom. The van der Waals surface area contributed by atoms with E-state index >= 15 is 0 Å². The van der Waals surface area contributed by atoms with Gasteiger partial charge in [0.15, 0.2) is 0 Å². The van der Waals surface area contributed by atoms with Gasteiger partial charge < -0.3 is 11.1 Å². The Bertz CT molecular complexity index is 231. The van der Waals surface area contributed by atoms with E-state index in [-0.39, 0.29) is 29.1 Å². The Morgan fingerprint density at radius 2 is 1.88 bits per heavy atom. The number of nitrogens with two attached hydrogens (primary N) is 1. The average molecular weight is 281 g/mol. The van der Waals surface area contributed by atoms with Crippen molar-refractivity contribution in [3.05, 3.63) is 0 Å². The van der Waals surface area contributed by atoms with Crippen molar-refractivity contribution in [1.82, 2.24) is 5.32 Å². The molecule has 0 saturated heterocycles. The molecule has 17 heavy (non-hydrogen) atoms. The highest BCUT2D eigenvalue weighted by atomic mass is 35.5. The summed E-state index contributed by atoms with van der Waals surface area (Å²) < 4.78 is 0. The van der Waals surface area contributed by atoms with Crippen LogP contribution < -0.4 is 11.1 Å². The lowest BCUT2D eigenvalue weighted by Gasteiger charge is -2.28. The van der Waals surface area contributed by atoms with E-state index in [4.69, 9.17) is 5.73 Å². The van der Waals surface area contributed by atoms with E-state index in [1.807, 2.05) is 13.2 Å². The molecule has 1 rings (SSSR count). The van der Waals surface area contributed by atoms with Crippen LogP contribution in [0.2, 0.25) is 0 Å². The molecule has 1 atom stereocenters. The van der Waals surface area contributed by atoms with Crippen LogP contribution in [0.15, 0.2) is 0 Å². The van der Waals surface area contributed by atoms with Crippen LogP contribution in [-0.4, -0.2) is 29.5 Å². The van der Waals surface area contributed by atoms with Crippen molar-refractivity contribution in [2.45, 2.75) is 56.2 Å². The summed E-state index contributed by atoms with van der Waals surface area (Å²) in [6.45, 7) is 2.56. The molecule has 5 heteroatoms. The Labute approximate surface area is 115 Å². The van der Waals surface area contributed by atoms with Gasteiger partial charge in [0.05, 0.1) is 5.25 Å². The number of halogens is 1. The summed E-state index contributed by atoms with van der Waals surface area (Å²) in [6.07, 6.45) is 9.01. The number of rotatable bonds is 4. The maximum absolute atomic E-state index is 11.7. The van der Waals surface area contributed by atoms with Crippen molar-refractivity contribution in [3.63, 3.8) is 0 Å². The van der Waals surface area contributed by atoms with Gasteiger partial charge in [-0.05, 0) is 26.0 Å². The molecule has 0 aliphatic heterocycles. The second-order valence-corrected chi connectivity index (χ2v) is 6.05. The van der Waals surface area contributed by atoms with Gasteiger partial charge in [-0.2, -0.15) is 11.8 Å². The molecule has 0 aromatic carbocycles. The largest absolute Gasteiger partial charge is 0.353 e. The predicted octanol–water partition coefficient (Wildman–Crippen LogP) is 2.33. The van der Waals surface area contributed by atoms with Gasteiger partial charge >= 0.3 is 0 Å². The molecule has 1 aliphatic rings. The highest BCUT2D eigenvalue weighted by Crippen LogP contribution is 2.24. The molecule has 3 nitrogen and oxygen atoms in total. The summed E-state index contributed by atoms with van der Waals surface area (Å²) in [5.74, 6) is 0.113. The van der Waals surface area contributed by atoms with Crippen LogP contribution in [0.3, 0.4) is 0 Å². The van der Waals surface area contributed by atoms with Gasteiger partial charge in [0.1, 0.15) is 0 Å². The minimum Gasteiger partial charge on any atom is -0.353 e. The molecule has 0 bridgehead atoms. The van der Waals surface area contributed by atoms with Crippen LogP contribution in [0.4, 0.5) is 0 Å². The van der Waals surface area contributed by atoms with Crippen molar-refractivity contribution >= 4 is 30.1 Å². The predicted molar refractivity (Wildman–Crippen MR) is 77.9 cm³/mol. The first-order valence-electron chi connectivity index (χ1n) is 6.17. The quantitative estimate of drug-likeness (QED) is 0.777. The monoisotopic (exact) mass is 280 g/mol. The number of nitrogens with one attached hydrogen (secondary N) is 1. The fourth-order valence-electron chi connectivity index (χ4n) is 2.12. The number of carbonyl (C=O) groups excluding carboxylic acids is 1. The molecule has 1 amide bonds. The summed E-state index contributed by atoms with van der Waals surface area (Å²) in [5.41, 5.74) is 6.17.